The Hall–Kier alpha value is -0.650. The molecule has 1 N–H and O–H groups in total. The van der Waals surface area contributed by atoms with Gasteiger partial charge in [-0.15, -0.1) is 0 Å². The zero-order valence-electron chi connectivity index (χ0n) is 14.3. The molecule has 1 aliphatic rings. The van der Waals surface area contributed by atoms with Gasteiger partial charge in [0.05, 0.1) is 13.2 Å². The quantitative estimate of drug-likeness (QED) is 0.693. The Morgan fingerprint density at radius 3 is 2.48 bits per heavy atom. The van der Waals surface area contributed by atoms with E-state index in [0.29, 0.717) is 6.10 Å². The third kappa shape index (κ3) is 5.93. The first-order valence-electron chi connectivity index (χ1n) is 8.11. The summed E-state index contributed by atoms with van der Waals surface area (Å²) < 4.78 is 10.6. The number of piperidine rings is 1. The molecule has 1 atom stereocenters. The van der Waals surface area contributed by atoms with E-state index in [1.54, 1.807) is 0 Å². The topological polar surface area (TPSA) is 50.8 Å². The molecule has 0 spiro atoms. The fourth-order valence-electron chi connectivity index (χ4n) is 3.01. The number of esters is 1. The van der Waals surface area contributed by atoms with Crippen LogP contribution >= 0.6 is 0 Å². The SMILES string of the molecule is CCOC1CCN(CCC(C)(NC(C)C)C(=O)OC)CC1. The lowest BCUT2D eigenvalue weighted by molar-refractivity contribution is -0.148. The molecule has 5 heteroatoms. The predicted molar refractivity (Wildman–Crippen MR) is 84.4 cm³/mol. The molecule has 1 fully saturated rings. The number of likely N-dealkylation sites (tertiary alicyclic amines) is 1. The molecular formula is C16H32N2O3. The minimum absolute atomic E-state index is 0.180. The lowest BCUT2D eigenvalue weighted by atomic mass is 9.95. The molecule has 1 aliphatic heterocycles. The molecule has 0 saturated carbocycles. The highest BCUT2D eigenvalue weighted by molar-refractivity contribution is 5.80. The van der Waals surface area contributed by atoms with Crippen LogP contribution in [0.1, 0.15) is 47.0 Å². The summed E-state index contributed by atoms with van der Waals surface area (Å²) in [4.78, 5) is 14.5. The van der Waals surface area contributed by atoms with Gasteiger partial charge >= 0.3 is 5.97 Å². The standard InChI is InChI=1S/C16H32N2O3/c1-6-21-14-7-10-18(11-8-14)12-9-16(4,15(19)20-5)17-13(2)3/h13-14,17H,6-12H2,1-5H3. The van der Waals surface area contributed by atoms with E-state index in [4.69, 9.17) is 9.47 Å². The highest BCUT2D eigenvalue weighted by Gasteiger charge is 2.35. The number of hydrogen-bond donors (Lipinski definition) is 1. The zero-order valence-corrected chi connectivity index (χ0v) is 14.3. The molecule has 5 nitrogen and oxygen atoms in total. The van der Waals surface area contributed by atoms with E-state index in [2.05, 4.69) is 24.1 Å². The van der Waals surface area contributed by atoms with Crippen molar-refractivity contribution in [1.29, 1.82) is 0 Å². The summed E-state index contributed by atoms with van der Waals surface area (Å²) in [5.41, 5.74) is -0.611. The number of carbonyl (C=O) groups is 1. The first-order chi connectivity index (χ1) is 9.91. The van der Waals surface area contributed by atoms with Crippen LogP contribution in [0.3, 0.4) is 0 Å². The van der Waals surface area contributed by atoms with Crippen molar-refractivity contribution in [3.63, 3.8) is 0 Å². The lowest BCUT2D eigenvalue weighted by Crippen LogP contribution is -2.54. The monoisotopic (exact) mass is 300 g/mol. The molecule has 1 rings (SSSR count). The second-order valence-corrected chi connectivity index (χ2v) is 6.37. The van der Waals surface area contributed by atoms with Gasteiger partial charge in [-0.25, -0.2) is 0 Å². The lowest BCUT2D eigenvalue weighted by Gasteiger charge is -2.35. The van der Waals surface area contributed by atoms with Crippen LogP contribution in [0, 0.1) is 0 Å². The number of methoxy groups -OCH3 is 1. The van der Waals surface area contributed by atoms with Crippen molar-refractivity contribution in [2.75, 3.05) is 33.4 Å². The number of carbonyl (C=O) groups excluding carboxylic acids is 1. The van der Waals surface area contributed by atoms with Gasteiger partial charge in [0.15, 0.2) is 0 Å². The summed E-state index contributed by atoms with van der Waals surface area (Å²) in [5, 5.41) is 3.35. The van der Waals surface area contributed by atoms with Gasteiger partial charge < -0.3 is 14.4 Å². The molecule has 0 aliphatic carbocycles. The second kappa shape index (κ2) is 8.71. The Morgan fingerprint density at radius 2 is 2.00 bits per heavy atom. The van der Waals surface area contributed by atoms with Crippen LogP contribution in [0.2, 0.25) is 0 Å². The van der Waals surface area contributed by atoms with E-state index in [0.717, 1.165) is 45.5 Å². The van der Waals surface area contributed by atoms with Gasteiger partial charge in [-0.3, -0.25) is 10.1 Å². The van der Waals surface area contributed by atoms with Crippen LogP contribution < -0.4 is 5.32 Å². The molecule has 0 aromatic carbocycles. The number of hydrogen-bond acceptors (Lipinski definition) is 5. The Kier molecular flexibility index (Phi) is 7.63. The number of nitrogens with zero attached hydrogens (tertiary/aromatic N) is 1. The third-order valence-electron chi connectivity index (χ3n) is 4.11. The minimum atomic E-state index is -0.611. The Labute approximate surface area is 129 Å². The van der Waals surface area contributed by atoms with Gasteiger partial charge in [0.1, 0.15) is 5.54 Å². The van der Waals surface area contributed by atoms with E-state index < -0.39 is 5.54 Å². The molecular weight excluding hydrogens is 268 g/mol. The van der Waals surface area contributed by atoms with Crippen molar-refractivity contribution in [2.45, 2.75) is 64.6 Å². The maximum absolute atomic E-state index is 12.1. The van der Waals surface area contributed by atoms with Crippen molar-refractivity contribution in [3.8, 4) is 0 Å². The Balaban J connectivity index is 2.45. The van der Waals surface area contributed by atoms with Crippen LogP contribution in [0.5, 0.6) is 0 Å². The number of nitrogens with one attached hydrogen (secondary N) is 1. The molecule has 124 valence electrons. The fraction of sp³-hybridized carbons (Fsp3) is 0.938. The van der Waals surface area contributed by atoms with Gasteiger partial charge in [-0.1, -0.05) is 0 Å². The summed E-state index contributed by atoms with van der Waals surface area (Å²) in [5.74, 6) is -0.180. The molecule has 0 aromatic heterocycles. The Bertz CT molecular complexity index is 315. The molecule has 0 amide bonds. The van der Waals surface area contributed by atoms with Crippen LogP contribution in [0.25, 0.3) is 0 Å². The minimum Gasteiger partial charge on any atom is -0.468 e. The molecule has 0 radical (unpaired) electrons. The highest BCUT2D eigenvalue weighted by Crippen LogP contribution is 2.18. The molecule has 21 heavy (non-hydrogen) atoms. The summed E-state index contributed by atoms with van der Waals surface area (Å²) in [6.07, 6.45) is 3.34. The van der Waals surface area contributed by atoms with Gasteiger partial charge in [-0.2, -0.15) is 0 Å². The van der Waals surface area contributed by atoms with Crippen molar-refractivity contribution in [2.24, 2.45) is 0 Å². The normalized spacial score (nSPS) is 20.5. The molecule has 0 aromatic rings. The van der Waals surface area contributed by atoms with Crippen LogP contribution in [0.4, 0.5) is 0 Å². The van der Waals surface area contributed by atoms with Crippen LogP contribution in [-0.4, -0.2) is 61.9 Å². The van der Waals surface area contributed by atoms with E-state index in [1.807, 2.05) is 13.8 Å². The van der Waals surface area contributed by atoms with Gasteiger partial charge in [0.2, 0.25) is 0 Å². The second-order valence-electron chi connectivity index (χ2n) is 6.37. The maximum Gasteiger partial charge on any atom is 0.325 e. The summed E-state index contributed by atoms with van der Waals surface area (Å²) in [6, 6.07) is 0.248. The van der Waals surface area contributed by atoms with Crippen molar-refractivity contribution in [3.05, 3.63) is 0 Å². The van der Waals surface area contributed by atoms with Crippen LogP contribution in [-0.2, 0) is 14.3 Å². The first-order valence-corrected chi connectivity index (χ1v) is 8.11. The summed E-state index contributed by atoms with van der Waals surface area (Å²) in [7, 11) is 1.45. The van der Waals surface area contributed by atoms with Gasteiger partial charge in [0, 0.05) is 32.3 Å². The van der Waals surface area contributed by atoms with E-state index >= 15 is 0 Å². The fourth-order valence-corrected chi connectivity index (χ4v) is 3.01. The summed E-state index contributed by atoms with van der Waals surface area (Å²) in [6.45, 7) is 11.9. The highest BCUT2D eigenvalue weighted by atomic mass is 16.5. The van der Waals surface area contributed by atoms with E-state index in [9.17, 15) is 4.79 Å². The third-order valence-corrected chi connectivity index (χ3v) is 4.11. The van der Waals surface area contributed by atoms with Crippen molar-refractivity contribution < 1.29 is 14.3 Å². The van der Waals surface area contributed by atoms with Crippen LogP contribution in [0.15, 0.2) is 0 Å². The molecule has 0 bridgehead atoms. The Morgan fingerprint density at radius 1 is 1.38 bits per heavy atom. The number of rotatable bonds is 8. The smallest absolute Gasteiger partial charge is 0.325 e. The predicted octanol–water partition coefficient (Wildman–Crippen LogP) is 1.81. The summed E-state index contributed by atoms with van der Waals surface area (Å²) >= 11 is 0. The maximum atomic E-state index is 12.1. The zero-order chi connectivity index (χ0) is 15.9. The molecule has 1 heterocycles. The first kappa shape index (κ1) is 18.4. The molecule has 1 unspecified atom stereocenters. The van der Waals surface area contributed by atoms with Crippen molar-refractivity contribution >= 4 is 5.97 Å². The molecule has 1 saturated heterocycles. The number of ether oxygens (including phenoxy) is 2. The van der Waals surface area contributed by atoms with E-state index in [-0.39, 0.29) is 12.0 Å². The van der Waals surface area contributed by atoms with Gasteiger partial charge in [0.25, 0.3) is 0 Å². The average Bonchev–Trinajstić information content (AvgIpc) is 2.45. The average molecular weight is 300 g/mol. The largest absolute Gasteiger partial charge is 0.468 e. The van der Waals surface area contributed by atoms with E-state index in [1.165, 1.54) is 7.11 Å². The van der Waals surface area contributed by atoms with Gasteiger partial charge in [-0.05, 0) is 47.0 Å². The van der Waals surface area contributed by atoms with Crippen molar-refractivity contribution in [1.82, 2.24) is 10.2 Å².